The molecule has 2 aromatic carbocycles. The van der Waals surface area contributed by atoms with Crippen LogP contribution >= 0.6 is 34.8 Å². The molecule has 0 spiro atoms. The Bertz CT molecular complexity index is 1050. The Morgan fingerprint density at radius 1 is 0.964 bits per heavy atom. The fourth-order valence-corrected chi connectivity index (χ4v) is 3.05. The molecular formula is C21H14Cl3N3O. The van der Waals surface area contributed by atoms with Crippen molar-refractivity contribution >= 4 is 52.5 Å². The number of nitrogens with zero attached hydrogens (tertiary/aromatic N) is 2. The average molecular weight is 431 g/mol. The lowest BCUT2D eigenvalue weighted by Crippen LogP contribution is -2.19. The minimum atomic E-state index is -0.365. The highest BCUT2D eigenvalue weighted by atomic mass is 35.5. The second-order valence-electron chi connectivity index (χ2n) is 5.65. The molecule has 3 rings (SSSR count). The fraction of sp³-hybridized carbons (Fsp3) is 0. The Kier molecular flexibility index (Phi) is 6.82. The van der Waals surface area contributed by atoms with Crippen molar-refractivity contribution < 1.29 is 4.79 Å². The molecule has 0 atom stereocenters. The van der Waals surface area contributed by atoms with Gasteiger partial charge in [0.15, 0.2) is 0 Å². The molecule has 1 aromatic heterocycles. The van der Waals surface area contributed by atoms with Gasteiger partial charge in [-0.2, -0.15) is 5.10 Å². The van der Waals surface area contributed by atoms with Crippen molar-refractivity contribution in [2.75, 3.05) is 0 Å². The topological polar surface area (TPSA) is 54.4 Å². The summed E-state index contributed by atoms with van der Waals surface area (Å²) in [4.78, 5) is 16.2. The van der Waals surface area contributed by atoms with Gasteiger partial charge in [-0.15, -0.1) is 0 Å². The third-order valence-corrected chi connectivity index (χ3v) is 4.65. The number of hydrazone groups is 1. The molecule has 0 unspecified atom stereocenters. The van der Waals surface area contributed by atoms with Crippen LogP contribution in [0.1, 0.15) is 21.5 Å². The average Bonchev–Trinajstić information content (AvgIpc) is 2.70. The summed E-state index contributed by atoms with van der Waals surface area (Å²) in [5.74, 6) is -0.365. The minimum absolute atomic E-state index is 0.365. The second kappa shape index (κ2) is 9.51. The monoisotopic (exact) mass is 429 g/mol. The van der Waals surface area contributed by atoms with Gasteiger partial charge in [-0.3, -0.25) is 9.78 Å². The van der Waals surface area contributed by atoms with Crippen LogP contribution in [0.25, 0.3) is 6.08 Å². The number of carbonyl (C=O) groups excluding carboxylic acids is 1. The van der Waals surface area contributed by atoms with E-state index in [0.29, 0.717) is 31.9 Å². The lowest BCUT2D eigenvalue weighted by atomic mass is 10.1. The first-order valence-corrected chi connectivity index (χ1v) is 9.34. The largest absolute Gasteiger partial charge is 0.271 e. The summed E-state index contributed by atoms with van der Waals surface area (Å²) in [5, 5.41) is 5.76. The number of amides is 1. The molecule has 0 bridgehead atoms. The second-order valence-corrected chi connectivity index (χ2v) is 6.90. The molecule has 0 aliphatic heterocycles. The molecule has 0 saturated heterocycles. The molecule has 0 aliphatic rings. The Hall–Kier alpha value is -2.66. The highest BCUT2D eigenvalue weighted by Gasteiger charge is 2.09. The van der Waals surface area contributed by atoms with Gasteiger partial charge in [0.1, 0.15) is 0 Å². The SMILES string of the molecule is O=C(N/N=C(/C=C/c1ccccc1Cl)c1ccc(Cl)cc1Cl)c1ccncc1. The first-order valence-electron chi connectivity index (χ1n) is 8.20. The smallest absolute Gasteiger partial charge is 0.267 e. The highest BCUT2D eigenvalue weighted by Crippen LogP contribution is 2.23. The normalized spacial score (nSPS) is 11.6. The number of hydrogen-bond acceptors (Lipinski definition) is 3. The molecule has 0 aliphatic carbocycles. The lowest BCUT2D eigenvalue weighted by Gasteiger charge is -2.07. The van der Waals surface area contributed by atoms with Crippen LogP contribution < -0.4 is 5.43 Å². The van der Waals surface area contributed by atoms with E-state index in [0.717, 1.165) is 5.56 Å². The van der Waals surface area contributed by atoms with E-state index in [1.54, 1.807) is 48.6 Å². The van der Waals surface area contributed by atoms with Gasteiger partial charge >= 0.3 is 0 Å². The van der Waals surface area contributed by atoms with Gasteiger partial charge < -0.3 is 0 Å². The van der Waals surface area contributed by atoms with Crippen molar-refractivity contribution in [3.63, 3.8) is 0 Å². The Balaban J connectivity index is 1.94. The van der Waals surface area contributed by atoms with E-state index >= 15 is 0 Å². The van der Waals surface area contributed by atoms with Crippen molar-refractivity contribution in [1.82, 2.24) is 10.4 Å². The summed E-state index contributed by atoms with van der Waals surface area (Å²) in [5.41, 5.74) is 4.85. The van der Waals surface area contributed by atoms with Crippen LogP contribution in [0.5, 0.6) is 0 Å². The Labute approximate surface area is 177 Å². The number of hydrogen-bond donors (Lipinski definition) is 1. The summed E-state index contributed by atoms with van der Waals surface area (Å²) in [7, 11) is 0. The zero-order chi connectivity index (χ0) is 19.9. The van der Waals surface area contributed by atoms with Gasteiger partial charge in [-0.05, 0) is 48.0 Å². The fourth-order valence-electron chi connectivity index (χ4n) is 2.34. The third kappa shape index (κ3) is 5.20. The van der Waals surface area contributed by atoms with Crippen LogP contribution in [0, 0.1) is 0 Å². The van der Waals surface area contributed by atoms with Crippen LogP contribution in [-0.4, -0.2) is 16.6 Å². The number of halogens is 3. The summed E-state index contributed by atoms with van der Waals surface area (Å²) in [6.07, 6.45) is 6.59. The Morgan fingerprint density at radius 2 is 1.71 bits per heavy atom. The molecule has 7 heteroatoms. The number of rotatable bonds is 5. The standard InChI is InChI=1S/C21H14Cl3N3O/c22-16-6-7-17(19(24)13-16)20(8-5-14-3-1-2-4-18(14)23)26-27-21(28)15-9-11-25-12-10-15/h1-13H,(H,27,28)/b8-5+,26-20-. The maximum Gasteiger partial charge on any atom is 0.271 e. The maximum atomic E-state index is 12.3. The predicted octanol–water partition coefficient (Wildman–Crippen LogP) is 5.89. The zero-order valence-electron chi connectivity index (χ0n) is 14.4. The summed E-state index contributed by atoms with van der Waals surface area (Å²) >= 11 is 18.5. The minimum Gasteiger partial charge on any atom is -0.267 e. The van der Waals surface area contributed by atoms with E-state index in [1.807, 2.05) is 18.2 Å². The van der Waals surface area contributed by atoms with Crippen molar-refractivity contribution in [1.29, 1.82) is 0 Å². The lowest BCUT2D eigenvalue weighted by molar-refractivity contribution is 0.0955. The van der Waals surface area contributed by atoms with Crippen molar-refractivity contribution in [3.05, 3.63) is 105 Å². The van der Waals surface area contributed by atoms with Gasteiger partial charge in [-0.25, -0.2) is 5.43 Å². The number of aromatic nitrogens is 1. The molecule has 28 heavy (non-hydrogen) atoms. The molecule has 0 fully saturated rings. The molecule has 4 nitrogen and oxygen atoms in total. The van der Waals surface area contributed by atoms with E-state index in [4.69, 9.17) is 34.8 Å². The van der Waals surface area contributed by atoms with Crippen LogP contribution in [-0.2, 0) is 0 Å². The van der Waals surface area contributed by atoms with E-state index < -0.39 is 0 Å². The number of nitrogens with one attached hydrogen (secondary N) is 1. The molecule has 140 valence electrons. The highest BCUT2D eigenvalue weighted by molar-refractivity contribution is 6.37. The van der Waals surface area contributed by atoms with Crippen LogP contribution in [0.2, 0.25) is 15.1 Å². The molecule has 3 aromatic rings. The summed E-state index contributed by atoms with van der Waals surface area (Å²) in [6.45, 7) is 0. The maximum absolute atomic E-state index is 12.3. The number of benzene rings is 2. The van der Waals surface area contributed by atoms with E-state index in [1.165, 1.54) is 12.4 Å². The number of allylic oxidation sites excluding steroid dienone is 1. The van der Waals surface area contributed by atoms with Gasteiger partial charge in [0.2, 0.25) is 0 Å². The van der Waals surface area contributed by atoms with Crippen LogP contribution in [0.4, 0.5) is 0 Å². The summed E-state index contributed by atoms with van der Waals surface area (Å²) < 4.78 is 0. The first-order chi connectivity index (χ1) is 13.5. The molecule has 1 amide bonds. The quantitative estimate of drug-likeness (QED) is 0.405. The number of carbonyl (C=O) groups is 1. The van der Waals surface area contributed by atoms with Gasteiger partial charge in [0.25, 0.3) is 5.91 Å². The van der Waals surface area contributed by atoms with Crippen LogP contribution in [0.15, 0.2) is 78.2 Å². The number of pyridine rings is 1. The molecule has 1 heterocycles. The van der Waals surface area contributed by atoms with Crippen LogP contribution in [0.3, 0.4) is 0 Å². The van der Waals surface area contributed by atoms with Crippen molar-refractivity contribution in [2.24, 2.45) is 5.10 Å². The summed E-state index contributed by atoms with van der Waals surface area (Å²) in [6, 6.07) is 15.6. The van der Waals surface area contributed by atoms with Crippen molar-refractivity contribution in [3.8, 4) is 0 Å². The van der Waals surface area contributed by atoms with Gasteiger partial charge in [-0.1, -0.05) is 59.1 Å². The van der Waals surface area contributed by atoms with Crippen molar-refractivity contribution in [2.45, 2.75) is 0 Å². The molecule has 1 N–H and O–H groups in total. The van der Waals surface area contributed by atoms with E-state index in [9.17, 15) is 4.79 Å². The Morgan fingerprint density at radius 3 is 2.43 bits per heavy atom. The first kappa shape index (κ1) is 20.1. The van der Waals surface area contributed by atoms with E-state index in [-0.39, 0.29) is 5.91 Å². The van der Waals surface area contributed by atoms with Gasteiger partial charge in [0.05, 0.1) is 10.7 Å². The molecule has 0 saturated carbocycles. The predicted molar refractivity (Wildman–Crippen MR) is 115 cm³/mol. The molecular weight excluding hydrogens is 417 g/mol. The molecule has 0 radical (unpaired) electrons. The third-order valence-electron chi connectivity index (χ3n) is 3.75. The zero-order valence-corrected chi connectivity index (χ0v) is 16.7. The van der Waals surface area contributed by atoms with Gasteiger partial charge in [0, 0.05) is 33.6 Å². The van der Waals surface area contributed by atoms with E-state index in [2.05, 4.69) is 15.5 Å².